The topological polar surface area (TPSA) is 46.3 Å². The second-order valence-corrected chi connectivity index (χ2v) is 5.62. The molecule has 0 heterocycles. The fraction of sp³-hybridized carbons (Fsp3) is 0.188. The maximum Gasteiger partial charge on any atom is 0.255 e. The van der Waals surface area contributed by atoms with Gasteiger partial charge in [-0.3, -0.25) is 4.79 Å². The first kappa shape index (κ1) is 15.5. The van der Waals surface area contributed by atoms with Gasteiger partial charge in [-0.05, 0) is 41.1 Å². The smallest absolute Gasteiger partial charge is 0.255 e. The standard InChI is InChI=1S/C16H16BrFN2O/c1-10(11-6-3-4-8-13(11)18)20(2)16(21)12-7-5-9-14(19)15(12)17/h3-10H,19H2,1-2H3. The van der Waals surface area contributed by atoms with Gasteiger partial charge < -0.3 is 10.6 Å². The van der Waals surface area contributed by atoms with Crippen LogP contribution in [-0.2, 0) is 0 Å². The van der Waals surface area contributed by atoms with Crippen molar-refractivity contribution in [2.45, 2.75) is 13.0 Å². The van der Waals surface area contributed by atoms with Crippen LogP contribution >= 0.6 is 15.9 Å². The Morgan fingerprint density at radius 1 is 1.24 bits per heavy atom. The molecule has 0 aliphatic carbocycles. The minimum atomic E-state index is -0.382. The van der Waals surface area contributed by atoms with E-state index in [4.69, 9.17) is 5.73 Å². The largest absolute Gasteiger partial charge is 0.398 e. The number of hydrogen-bond acceptors (Lipinski definition) is 2. The molecule has 2 rings (SSSR count). The summed E-state index contributed by atoms with van der Waals surface area (Å²) < 4.78 is 14.4. The van der Waals surface area contributed by atoms with Crippen LogP contribution in [0.15, 0.2) is 46.9 Å². The molecule has 0 aliphatic rings. The summed E-state index contributed by atoms with van der Waals surface area (Å²) >= 11 is 3.32. The molecule has 110 valence electrons. The van der Waals surface area contributed by atoms with Gasteiger partial charge in [0, 0.05) is 18.3 Å². The zero-order chi connectivity index (χ0) is 15.6. The first-order valence-electron chi connectivity index (χ1n) is 6.49. The van der Waals surface area contributed by atoms with Gasteiger partial charge in [0.25, 0.3) is 5.91 Å². The molecule has 2 N–H and O–H groups in total. The summed E-state index contributed by atoms with van der Waals surface area (Å²) in [4.78, 5) is 14.1. The van der Waals surface area contributed by atoms with Crippen LogP contribution in [0.2, 0.25) is 0 Å². The lowest BCUT2D eigenvalue weighted by molar-refractivity contribution is 0.0739. The van der Waals surface area contributed by atoms with E-state index in [0.29, 0.717) is 21.3 Å². The Kier molecular flexibility index (Phi) is 4.63. The summed E-state index contributed by atoms with van der Waals surface area (Å²) in [7, 11) is 1.65. The van der Waals surface area contributed by atoms with Crippen molar-refractivity contribution in [1.29, 1.82) is 0 Å². The van der Waals surface area contributed by atoms with Gasteiger partial charge in [0.15, 0.2) is 0 Å². The molecule has 1 atom stereocenters. The van der Waals surface area contributed by atoms with E-state index in [1.165, 1.54) is 11.0 Å². The maximum atomic E-state index is 13.8. The van der Waals surface area contributed by atoms with E-state index in [-0.39, 0.29) is 17.8 Å². The average molecular weight is 351 g/mol. The van der Waals surface area contributed by atoms with Gasteiger partial charge in [0.05, 0.1) is 16.1 Å². The van der Waals surface area contributed by atoms with E-state index in [2.05, 4.69) is 15.9 Å². The third kappa shape index (κ3) is 3.08. The van der Waals surface area contributed by atoms with E-state index in [9.17, 15) is 9.18 Å². The summed E-state index contributed by atoms with van der Waals surface area (Å²) in [5, 5.41) is 0. The molecule has 2 aromatic rings. The lowest BCUT2D eigenvalue weighted by atomic mass is 10.1. The molecular weight excluding hydrogens is 335 g/mol. The van der Waals surface area contributed by atoms with Crippen molar-refractivity contribution in [3.8, 4) is 0 Å². The Morgan fingerprint density at radius 2 is 1.90 bits per heavy atom. The van der Waals surface area contributed by atoms with Gasteiger partial charge in [-0.25, -0.2) is 4.39 Å². The van der Waals surface area contributed by atoms with Crippen LogP contribution in [0, 0.1) is 5.82 Å². The number of halogens is 2. The second-order valence-electron chi connectivity index (χ2n) is 4.82. The molecular formula is C16H16BrFN2O. The van der Waals surface area contributed by atoms with Crippen molar-refractivity contribution in [1.82, 2.24) is 4.90 Å². The Hall–Kier alpha value is -1.88. The number of carbonyl (C=O) groups excluding carboxylic acids is 1. The SMILES string of the molecule is CC(c1ccccc1F)N(C)C(=O)c1cccc(N)c1Br. The van der Waals surface area contributed by atoms with Crippen LogP contribution in [-0.4, -0.2) is 17.9 Å². The van der Waals surface area contributed by atoms with Crippen LogP contribution in [0.1, 0.15) is 28.9 Å². The highest BCUT2D eigenvalue weighted by atomic mass is 79.9. The third-order valence-electron chi connectivity index (χ3n) is 3.52. The zero-order valence-electron chi connectivity index (χ0n) is 11.8. The monoisotopic (exact) mass is 350 g/mol. The van der Waals surface area contributed by atoms with Crippen molar-refractivity contribution < 1.29 is 9.18 Å². The maximum absolute atomic E-state index is 13.8. The van der Waals surface area contributed by atoms with Crippen molar-refractivity contribution in [3.63, 3.8) is 0 Å². The third-order valence-corrected chi connectivity index (χ3v) is 4.40. The predicted molar refractivity (Wildman–Crippen MR) is 85.5 cm³/mol. The molecule has 1 amide bonds. The number of hydrogen-bond donors (Lipinski definition) is 1. The number of amides is 1. The number of carbonyl (C=O) groups is 1. The van der Waals surface area contributed by atoms with E-state index >= 15 is 0 Å². The van der Waals surface area contributed by atoms with Crippen LogP contribution in [0.25, 0.3) is 0 Å². The zero-order valence-corrected chi connectivity index (χ0v) is 13.4. The number of rotatable bonds is 3. The Balaban J connectivity index is 2.31. The number of anilines is 1. The van der Waals surface area contributed by atoms with Crippen LogP contribution < -0.4 is 5.73 Å². The van der Waals surface area contributed by atoms with Gasteiger partial charge in [-0.15, -0.1) is 0 Å². The van der Waals surface area contributed by atoms with E-state index in [0.717, 1.165) is 0 Å². The molecule has 0 aliphatic heterocycles. The van der Waals surface area contributed by atoms with Crippen molar-refractivity contribution in [2.75, 3.05) is 12.8 Å². The Bertz CT molecular complexity index is 675. The number of nitrogens with zero attached hydrogens (tertiary/aromatic N) is 1. The fourth-order valence-corrected chi connectivity index (χ4v) is 2.54. The van der Waals surface area contributed by atoms with E-state index < -0.39 is 0 Å². The molecule has 0 radical (unpaired) electrons. The molecule has 0 bridgehead atoms. The van der Waals surface area contributed by atoms with Gasteiger partial charge >= 0.3 is 0 Å². The summed E-state index contributed by atoms with van der Waals surface area (Å²) in [5.74, 6) is -0.541. The first-order valence-corrected chi connectivity index (χ1v) is 7.28. The van der Waals surface area contributed by atoms with Crippen molar-refractivity contribution >= 4 is 27.5 Å². The summed E-state index contributed by atoms with van der Waals surface area (Å²) in [6.45, 7) is 1.79. The normalized spacial score (nSPS) is 12.0. The minimum Gasteiger partial charge on any atom is -0.398 e. The molecule has 0 aromatic heterocycles. The molecule has 1 unspecified atom stereocenters. The molecule has 0 saturated heterocycles. The lowest BCUT2D eigenvalue weighted by Gasteiger charge is -2.26. The minimum absolute atomic E-state index is 0.218. The van der Waals surface area contributed by atoms with Gasteiger partial charge in [0.2, 0.25) is 0 Å². The highest BCUT2D eigenvalue weighted by Crippen LogP contribution is 2.28. The van der Waals surface area contributed by atoms with Gasteiger partial charge in [0.1, 0.15) is 5.82 Å². The van der Waals surface area contributed by atoms with Crippen molar-refractivity contribution in [3.05, 3.63) is 63.9 Å². The molecule has 0 fully saturated rings. The quantitative estimate of drug-likeness (QED) is 0.850. The molecule has 0 saturated carbocycles. The highest BCUT2D eigenvalue weighted by Gasteiger charge is 2.23. The molecule has 5 heteroatoms. The summed E-state index contributed by atoms with van der Waals surface area (Å²) in [5.41, 5.74) is 7.22. The number of nitrogens with two attached hydrogens (primary N) is 1. The van der Waals surface area contributed by atoms with Gasteiger partial charge in [-0.1, -0.05) is 24.3 Å². The van der Waals surface area contributed by atoms with Gasteiger partial charge in [-0.2, -0.15) is 0 Å². The van der Waals surface area contributed by atoms with Crippen molar-refractivity contribution in [2.24, 2.45) is 0 Å². The molecule has 0 spiro atoms. The summed E-state index contributed by atoms with van der Waals surface area (Å²) in [6.07, 6.45) is 0. The molecule has 3 nitrogen and oxygen atoms in total. The number of benzene rings is 2. The average Bonchev–Trinajstić information content (AvgIpc) is 2.48. The first-order chi connectivity index (χ1) is 9.93. The fourth-order valence-electron chi connectivity index (χ4n) is 2.10. The van der Waals surface area contributed by atoms with Crippen LogP contribution in [0.4, 0.5) is 10.1 Å². The van der Waals surface area contributed by atoms with E-state index in [1.54, 1.807) is 50.4 Å². The Morgan fingerprint density at radius 3 is 2.57 bits per heavy atom. The lowest BCUT2D eigenvalue weighted by Crippen LogP contribution is -2.30. The van der Waals surface area contributed by atoms with Crippen LogP contribution in [0.5, 0.6) is 0 Å². The molecule has 2 aromatic carbocycles. The predicted octanol–water partition coefficient (Wildman–Crippen LogP) is 4.00. The highest BCUT2D eigenvalue weighted by molar-refractivity contribution is 9.10. The Labute approximate surface area is 131 Å². The van der Waals surface area contributed by atoms with Crippen LogP contribution in [0.3, 0.4) is 0 Å². The molecule has 21 heavy (non-hydrogen) atoms. The summed E-state index contributed by atoms with van der Waals surface area (Å²) in [6, 6.07) is 11.2. The van der Waals surface area contributed by atoms with E-state index in [1.807, 2.05) is 0 Å². The second kappa shape index (κ2) is 6.26. The number of nitrogen functional groups attached to an aromatic ring is 1.